The van der Waals surface area contributed by atoms with E-state index in [0.29, 0.717) is 5.69 Å². The summed E-state index contributed by atoms with van der Waals surface area (Å²) in [5.41, 5.74) is 0.328. The van der Waals surface area contributed by atoms with Crippen molar-refractivity contribution in [2.45, 2.75) is 6.18 Å². The van der Waals surface area contributed by atoms with Crippen molar-refractivity contribution in [3.63, 3.8) is 0 Å². The smallest absolute Gasteiger partial charge is 0.405 e. The van der Waals surface area contributed by atoms with Crippen LogP contribution >= 0.6 is 0 Å². The number of anilines is 1. The number of hydrogen-bond donors (Lipinski definition) is 1. The van der Waals surface area contributed by atoms with Crippen molar-refractivity contribution in [2.75, 3.05) is 19.0 Å². The SMILES string of the molecule is COc1cc(NCC(F)(F)F)ccn1. The minimum absolute atomic E-state index is 0.275. The van der Waals surface area contributed by atoms with Gasteiger partial charge in [0, 0.05) is 18.0 Å². The van der Waals surface area contributed by atoms with Crippen LogP contribution in [0.25, 0.3) is 0 Å². The van der Waals surface area contributed by atoms with Crippen molar-refractivity contribution in [1.29, 1.82) is 0 Å². The van der Waals surface area contributed by atoms with Crippen LogP contribution in [0.3, 0.4) is 0 Å². The molecule has 0 aliphatic carbocycles. The molecule has 1 N–H and O–H groups in total. The molecule has 14 heavy (non-hydrogen) atoms. The third-order valence-corrected chi connectivity index (χ3v) is 1.44. The Kier molecular flexibility index (Phi) is 3.16. The van der Waals surface area contributed by atoms with Crippen LogP contribution in [-0.2, 0) is 0 Å². The molecule has 1 heterocycles. The van der Waals surface area contributed by atoms with E-state index in [2.05, 4.69) is 10.3 Å². The number of ether oxygens (including phenoxy) is 1. The summed E-state index contributed by atoms with van der Waals surface area (Å²) in [6.07, 6.45) is -2.85. The van der Waals surface area contributed by atoms with Crippen LogP contribution in [0, 0.1) is 0 Å². The third kappa shape index (κ3) is 3.51. The van der Waals surface area contributed by atoms with Gasteiger partial charge in [-0.15, -0.1) is 0 Å². The van der Waals surface area contributed by atoms with Crippen molar-refractivity contribution in [3.05, 3.63) is 18.3 Å². The molecule has 0 saturated carbocycles. The predicted octanol–water partition coefficient (Wildman–Crippen LogP) is 2.06. The van der Waals surface area contributed by atoms with Crippen LogP contribution in [-0.4, -0.2) is 24.8 Å². The molecule has 0 spiro atoms. The molecule has 0 radical (unpaired) electrons. The average Bonchev–Trinajstić information content (AvgIpc) is 2.14. The molecule has 0 amide bonds. The zero-order valence-electron chi connectivity index (χ0n) is 7.43. The Hall–Kier alpha value is -1.46. The molecule has 0 bridgehead atoms. The quantitative estimate of drug-likeness (QED) is 0.821. The molecular weight excluding hydrogens is 197 g/mol. The number of nitrogens with one attached hydrogen (secondary N) is 1. The zero-order chi connectivity index (χ0) is 10.6. The zero-order valence-corrected chi connectivity index (χ0v) is 7.43. The summed E-state index contributed by atoms with van der Waals surface area (Å²) in [7, 11) is 1.40. The van der Waals surface area contributed by atoms with E-state index >= 15 is 0 Å². The van der Waals surface area contributed by atoms with E-state index in [1.54, 1.807) is 0 Å². The molecule has 0 atom stereocenters. The maximum atomic E-state index is 11.8. The van der Waals surface area contributed by atoms with Crippen LogP contribution < -0.4 is 10.1 Å². The maximum Gasteiger partial charge on any atom is 0.405 e. The molecule has 1 aromatic heterocycles. The first-order valence-corrected chi connectivity index (χ1v) is 3.82. The van der Waals surface area contributed by atoms with Crippen LogP contribution in [0.1, 0.15) is 0 Å². The molecule has 1 aromatic rings. The molecule has 0 saturated heterocycles. The van der Waals surface area contributed by atoms with E-state index in [-0.39, 0.29) is 5.88 Å². The van der Waals surface area contributed by atoms with E-state index in [4.69, 9.17) is 4.74 Å². The van der Waals surface area contributed by atoms with Crippen LogP contribution in [0.4, 0.5) is 18.9 Å². The Morgan fingerprint density at radius 1 is 1.50 bits per heavy atom. The monoisotopic (exact) mass is 206 g/mol. The lowest BCUT2D eigenvalue weighted by atomic mass is 10.4. The Morgan fingerprint density at radius 3 is 2.79 bits per heavy atom. The highest BCUT2D eigenvalue weighted by Crippen LogP contribution is 2.18. The summed E-state index contributed by atoms with van der Waals surface area (Å²) in [5.74, 6) is 0.275. The van der Waals surface area contributed by atoms with Crippen molar-refractivity contribution < 1.29 is 17.9 Å². The van der Waals surface area contributed by atoms with E-state index in [1.807, 2.05) is 0 Å². The van der Waals surface area contributed by atoms with E-state index in [9.17, 15) is 13.2 Å². The van der Waals surface area contributed by atoms with Crippen LogP contribution in [0.15, 0.2) is 18.3 Å². The van der Waals surface area contributed by atoms with Crippen LogP contribution in [0.2, 0.25) is 0 Å². The lowest BCUT2D eigenvalue weighted by molar-refractivity contribution is -0.115. The molecule has 0 aromatic carbocycles. The standard InChI is InChI=1S/C8H9F3N2O/c1-14-7-4-6(2-3-12-7)13-5-8(9,10)11/h2-4H,5H2,1H3,(H,12,13). The van der Waals surface area contributed by atoms with E-state index in [0.717, 1.165) is 0 Å². The summed E-state index contributed by atoms with van der Waals surface area (Å²) in [6.45, 7) is -1.07. The van der Waals surface area contributed by atoms with Gasteiger partial charge in [0.2, 0.25) is 5.88 Å². The highest BCUT2D eigenvalue weighted by atomic mass is 19.4. The molecule has 0 aliphatic heterocycles. The Bertz CT molecular complexity index is 301. The highest BCUT2D eigenvalue weighted by molar-refractivity contribution is 5.45. The van der Waals surface area contributed by atoms with Crippen LogP contribution in [0.5, 0.6) is 5.88 Å². The molecule has 3 nitrogen and oxygen atoms in total. The minimum Gasteiger partial charge on any atom is -0.481 e. The summed E-state index contributed by atoms with van der Waals surface area (Å²) in [6, 6.07) is 2.83. The van der Waals surface area contributed by atoms with Gasteiger partial charge in [-0.3, -0.25) is 0 Å². The van der Waals surface area contributed by atoms with Gasteiger partial charge in [-0.25, -0.2) is 4.98 Å². The number of halogens is 3. The normalized spacial score (nSPS) is 11.1. The van der Waals surface area contributed by atoms with Gasteiger partial charge in [-0.05, 0) is 6.07 Å². The fourth-order valence-electron chi connectivity index (χ4n) is 0.833. The highest BCUT2D eigenvalue weighted by Gasteiger charge is 2.26. The average molecular weight is 206 g/mol. The predicted molar refractivity (Wildman–Crippen MR) is 45.3 cm³/mol. The van der Waals surface area contributed by atoms with Gasteiger partial charge in [0.25, 0.3) is 0 Å². The fourth-order valence-corrected chi connectivity index (χ4v) is 0.833. The molecule has 1 rings (SSSR count). The number of aromatic nitrogens is 1. The second-order valence-corrected chi connectivity index (χ2v) is 2.56. The summed E-state index contributed by atoms with van der Waals surface area (Å²) >= 11 is 0. The fraction of sp³-hybridized carbons (Fsp3) is 0.375. The minimum atomic E-state index is -4.23. The van der Waals surface area contributed by atoms with Gasteiger partial charge < -0.3 is 10.1 Å². The van der Waals surface area contributed by atoms with E-state index in [1.165, 1.54) is 25.4 Å². The third-order valence-electron chi connectivity index (χ3n) is 1.44. The number of methoxy groups -OCH3 is 1. The van der Waals surface area contributed by atoms with Crippen molar-refractivity contribution in [3.8, 4) is 5.88 Å². The molecule has 6 heteroatoms. The lowest BCUT2D eigenvalue weighted by Crippen LogP contribution is -2.21. The van der Waals surface area contributed by atoms with E-state index < -0.39 is 12.7 Å². The molecule has 0 aliphatic rings. The van der Waals surface area contributed by atoms with Crippen molar-refractivity contribution in [2.24, 2.45) is 0 Å². The number of hydrogen-bond acceptors (Lipinski definition) is 3. The number of pyridine rings is 1. The second kappa shape index (κ2) is 4.17. The maximum absolute atomic E-state index is 11.8. The first-order chi connectivity index (χ1) is 6.51. The molecular formula is C8H9F3N2O. The van der Waals surface area contributed by atoms with Gasteiger partial charge in [0.05, 0.1) is 7.11 Å². The number of nitrogens with zero attached hydrogens (tertiary/aromatic N) is 1. The van der Waals surface area contributed by atoms with Gasteiger partial charge in [-0.1, -0.05) is 0 Å². The Labute approximate surface area is 78.9 Å². The number of rotatable bonds is 3. The van der Waals surface area contributed by atoms with Gasteiger partial charge in [0.1, 0.15) is 6.54 Å². The first kappa shape index (κ1) is 10.6. The first-order valence-electron chi connectivity index (χ1n) is 3.82. The Morgan fingerprint density at radius 2 is 2.21 bits per heavy atom. The van der Waals surface area contributed by atoms with Crippen molar-refractivity contribution in [1.82, 2.24) is 4.98 Å². The van der Waals surface area contributed by atoms with Gasteiger partial charge in [-0.2, -0.15) is 13.2 Å². The lowest BCUT2D eigenvalue weighted by Gasteiger charge is -2.09. The number of alkyl halides is 3. The largest absolute Gasteiger partial charge is 0.481 e. The second-order valence-electron chi connectivity index (χ2n) is 2.56. The topological polar surface area (TPSA) is 34.1 Å². The Balaban J connectivity index is 2.59. The van der Waals surface area contributed by atoms with Gasteiger partial charge >= 0.3 is 6.18 Å². The van der Waals surface area contributed by atoms with Crippen molar-refractivity contribution >= 4 is 5.69 Å². The summed E-state index contributed by atoms with van der Waals surface area (Å²) in [4.78, 5) is 3.76. The molecule has 0 unspecified atom stereocenters. The molecule has 78 valence electrons. The summed E-state index contributed by atoms with van der Waals surface area (Å²) < 4.78 is 40.2. The summed E-state index contributed by atoms with van der Waals surface area (Å²) in [5, 5.41) is 2.21. The van der Waals surface area contributed by atoms with Gasteiger partial charge in [0.15, 0.2) is 0 Å². The molecule has 0 fully saturated rings.